The highest BCUT2D eigenvalue weighted by Gasteiger charge is 2.36. The third-order valence-electron chi connectivity index (χ3n) is 8.13. The summed E-state index contributed by atoms with van der Waals surface area (Å²) in [6.07, 6.45) is 15.7. The first-order valence-electron chi connectivity index (χ1n) is 12.6. The first-order valence-corrected chi connectivity index (χ1v) is 12.6. The lowest BCUT2D eigenvalue weighted by Crippen LogP contribution is -2.30. The van der Waals surface area contributed by atoms with E-state index in [0.717, 1.165) is 41.5 Å². The Kier molecular flexibility index (Phi) is 7.51. The van der Waals surface area contributed by atoms with Crippen molar-refractivity contribution in [3.63, 3.8) is 0 Å². The van der Waals surface area contributed by atoms with Gasteiger partial charge in [0.15, 0.2) is 11.6 Å². The molecule has 2 aliphatic rings. The maximum atomic E-state index is 15.0. The molecule has 0 aliphatic heterocycles. The fourth-order valence-electron chi connectivity index (χ4n) is 6.35. The van der Waals surface area contributed by atoms with Gasteiger partial charge >= 0.3 is 0 Å². The molecule has 4 atom stereocenters. The molecule has 2 aromatic carbocycles. The fourth-order valence-corrected chi connectivity index (χ4v) is 6.35. The third-order valence-corrected chi connectivity index (χ3v) is 8.13. The molecule has 0 saturated heterocycles. The highest BCUT2D eigenvalue weighted by molar-refractivity contribution is 5.85. The maximum Gasteiger partial charge on any atom is 0.172 e. The summed E-state index contributed by atoms with van der Waals surface area (Å²) in [6, 6.07) is 6.75. The average molecular weight is 429 g/mol. The molecule has 0 aromatic heterocycles. The maximum absolute atomic E-state index is 15.0. The smallest absolute Gasteiger partial charge is 0.172 e. The number of hydrogen-bond donors (Lipinski definition) is 0. The topological polar surface area (TPSA) is 9.23 Å². The summed E-state index contributed by atoms with van der Waals surface area (Å²) in [5.41, 5.74) is 0.786. The van der Waals surface area contributed by atoms with E-state index in [0.29, 0.717) is 5.39 Å². The summed E-state index contributed by atoms with van der Waals surface area (Å²) in [5, 5.41) is 1.08. The van der Waals surface area contributed by atoms with E-state index in [2.05, 4.69) is 6.92 Å². The van der Waals surface area contributed by atoms with E-state index in [1.54, 1.807) is 6.07 Å². The molecule has 4 rings (SSSR count). The molecule has 31 heavy (non-hydrogen) atoms. The highest BCUT2D eigenvalue weighted by atomic mass is 19.1. The molecule has 170 valence electrons. The quantitative estimate of drug-likeness (QED) is 0.382. The lowest BCUT2D eigenvalue weighted by Gasteiger charge is -2.42. The van der Waals surface area contributed by atoms with Crippen molar-refractivity contribution < 1.29 is 13.5 Å². The van der Waals surface area contributed by atoms with Crippen LogP contribution >= 0.6 is 0 Å². The van der Waals surface area contributed by atoms with Crippen LogP contribution in [0.25, 0.3) is 10.8 Å². The van der Waals surface area contributed by atoms with Gasteiger partial charge in [0, 0.05) is 5.39 Å². The van der Waals surface area contributed by atoms with E-state index in [4.69, 9.17) is 4.74 Å². The average Bonchev–Trinajstić information content (AvgIpc) is 2.79. The Morgan fingerprint density at radius 3 is 2.48 bits per heavy atom. The Morgan fingerprint density at radius 1 is 0.903 bits per heavy atom. The number of ether oxygens (including phenoxy) is 1. The zero-order valence-electron chi connectivity index (χ0n) is 19.3. The number of hydrogen-bond acceptors (Lipinski definition) is 1. The first-order chi connectivity index (χ1) is 15.1. The number of halogens is 2. The Labute approximate surface area is 186 Å². The normalized spacial score (nSPS) is 26.1. The fraction of sp³-hybridized carbons (Fsp3) is 0.643. The van der Waals surface area contributed by atoms with Gasteiger partial charge in [-0.15, -0.1) is 0 Å². The Morgan fingerprint density at radius 2 is 1.68 bits per heavy atom. The number of benzene rings is 2. The minimum absolute atomic E-state index is 0.169. The van der Waals surface area contributed by atoms with Crippen molar-refractivity contribution in [2.24, 2.45) is 17.8 Å². The lowest BCUT2D eigenvalue weighted by molar-refractivity contribution is 0.112. The molecular formula is C28H38F2O. The first kappa shape index (κ1) is 22.6. The second kappa shape index (κ2) is 10.3. The molecule has 2 aromatic rings. The van der Waals surface area contributed by atoms with Crippen molar-refractivity contribution in [3.8, 4) is 5.75 Å². The van der Waals surface area contributed by atoms with E-state index in [-0.39, 0.29) is 17.5 Å². The van der Waals surface area contributed by atoms with Crippen molar-refractivity contribution in [1.29, 1.82) is 0 Å². The van der Waals surface area contributed by atoms with E-state index in [1.165, 1.54) is 77.4 Å². The van der Waals surface area contributed by atoms with Gasteiger partial charge in [-0.1, -0.05) is 57.9 Å². The van der Waals surface area contributed by atoms with E-state index >= 15 is 4.39 Å². The lowest BCUT2D eigenvalue weighted by atomic mass is 9.63. The Bertz CT molecular complexity index is 877. The molecule has 0 bridgehead atoms. The molecule has 0 heterocycles. The van der Waals surface area contributed by atoms with Gasteiger partial charge in [-0.2, -0.15) is 0 Å². The van der Waals surface area contributed by atoms with Crippen LogP contribution in [0, 0.1) is 29.4 Å². The summed E-state index contributed by atoms with van der Waals surface area (Å²) in [6.45, 7) is 2.27. The third kappa shape index (κ3) is 5.07. The second-order valence-electron chi connectivity index (χ2n) is 10.1. The molecular weight excluding hydrogens is 390 g/mol. The molecule has 4 unspecified atom stereocenters. The van der Waals surface area contributed by atoms with Crippen LogP contribution in [0.3, 0.4) is 0 Å². The molecule has 0 radical (unpaired) electrons. The predicted octanol–water partition coefficient (Wildman–Crippen LogP) is 8.79. The number of rotatable bonds is 8. The predicted molar refractivity (Wildman–Crippen MR) is 125 cm³/mol. The molecule has 0 N–H and O–H groups in total. The summed E-state index contributed by atoms with van der Waals surface area (Å²) in [7, 11) is 1.44. The van der Waals surface area contributed by atoms with Crippen LogP contribution in [-0.4, -0.2) is 7.11 Å². The standard InChI is InChI=1S/C28H38F2O/c1-3-4-5-6-7-8-19-9-10-21-16-22(12-11-20(21)15-19)24-17-23-13-14-27(31-2)28(30)25(23)18-26(24)29/h13-14,17-22H,3-12,15-16H2,1-2H3. The molecule has 0 spiro atoms. The van der Waals surface area contributed by atoms with Gasteiger partial charge in [0.05, 0.1) is 7.11 Å². The van der Waals surface area contributed by atoms with Gasteiger partial charge in [-0.05, 0) is 84.9 Å². The van der Waals surface area contributed by atoms with Gasteiger partial charge < -0.3 is 4.74 Å². The zero-order chi connectivity index (χ0) is 21.8. The van der Waals surface area contributed by atoms with Crippen LogP contribution < -0.4 is 4.74 Å². The second-order valence-corrected chi connectivity index (χ2v) is 10.1. The minimum atomic E-state index is -0.470. The van der Waals surface area contributed by atoms with Crippen LogP contribution in [0.1, 0.15) is 95.5 Å². The van der Waals surface area contributed by atoms with Crippen LogP contribution in [0.2, 0.25) is 0 Å². The van der Waals surface area contributed by atoms with Gasteiger partial charge in [-0.25, -0.2) is 8.78 Å². The van der Waals surface area contributed by atoms with E-state index in [1.807, 2.05) is 12.1 Å². The number of methoxy groups -OCH3 is 1. The molecule has 2 aliphatic carbocycles. The van der Waals surface area contributed by atoms with Crippen molar-refractivity contribution >= 4 is 10.8 Å². The van der Waals surface area contributed by atoms with Gasteiger partial charge in [0.25, 0.3) is 0 Å². The number of unbranched alkanes of at least 4 members (excludes halogenated alkanes) is 4. The summed E-state index contributed by atoms with van der Waals surface area (Å²) >= 11 is 0. The van der Waals surface area contributed by atoms with Crippen molar-refractivity contribution in [1.82, 2.24) is 0 Å². The van der Waals surface area contributed by atoms with Crippen molar-refractivity contribution in [2.45, 2.75) is 89.9 Å². The minimum Gasteiger partial charge on any atom is -0.494 e. The summed E-state index contributed by atoms with van der Waals surface area (Å²) < 4.78 is 34.6. The molecule has 0 amide bonds. The monoisotopic (exact) mass is 428 g/mol. The van der Waals surface area contributed by atoms with Crippen LogP contribution in [0.15, 0.2) is 24.3 Å². The molecule has 1 nitrogen and oxygen atoms in total. The number of fused-ring (bicyclic) bond motifs is 2. The van der Waals surface area contributed by atoms with Crippen molar-refractivity contribution in [2.75, 3.05) is 7.11 Å². The van der Waals surface area contributed by atoms with Crippen LogP contribution in [0.5, 0.6) is 5.75 Å². The van der Waals surface area contributed by atoms with Gasteiger partial charge in [-0.3, -0.25) is 0 Å². The Hall–Kier alpha value is -1.64. The van der Waals surface area contributed by atoms with Gasteiger partial charge in [0.1, 0.15) is 5.82 Å². The van der Waals surface area contributed by atoms with Crippen LogP contribution in [0.4, 0.5) is 8.78 Å². The largest absolute Gasteiger partial charge is 0.494 e. The van der Waals surface area contributed by atoms with Gasteiger partial charge in [0.2, 0.25) is 0 Å². The molecule has 2 fully saturated rings. The molecule has 3 heteroatoms. The van der Waals surface area contributed by atoms with Crippen molar-refractivity contribution in [3.05, 3.63) is 41.5 Å². The highest BCUT2D eigenvalue weighted by Crippen LogP contribution is 2.49. The van der Waals surface area contributed by atoms with Crippen LogP contribution in [-0.2, 0) is 0 Å². The SMILES string of the molecule is CCCCCCCC1CCC2CC(c3cc4ccc(OC)c(F)c4cc3F)CCC2C1. The Balaban J connectivity index is 1.38. The summed E-state index contributed by atoms with van der Waals surface area (Å²) in [5.74, 6) is 2.18. The molecule has 2 saturated carbocycles. The summed E-state index contributed by atoms with van der Waals surface area (Å²) in [4.78, 5) is 0. The van der Waals surface area contributed by atoms with E-state index < -0.39 is 5.82 Å². The van der Waals surface area contributed by atoms with E-state index in [9.17, 15) is 4.39 Å². The zero-order valence-corrected chi connectivity index (χ0v) is 19.3.